The van der Waals surface area contributed by atoms with Crippen LogP contribution in [0.15, 0.2) is 91.0 Å². The fraction of sp³-hybridized carbons (Fsp3) is 0.281. The molecule has 3 aromatic rings. The zero-order chi connectivity index (χ0) is 27.8. The van der Waals surface area contributed by atoms with Gasteiger partial charge in [-0.25, -0.2) is 0 Å². The molecule has 0 unspecified atom stereocenters. The van der Waals surface area contributed by atoms with E-state index in [0.717, 1.165) is 46.1 Å². The molecule has 0 bridgehead atoms. The Morgan fingerprint density at radius 1 is 0.763 bits per heavy atom. The molecule has 0 aliphatic carbocycles. The van der Waals surface area contributed by atoms with Gasteiger partial charge in [-0.3, -0.25) is 4.79 Å². The largest absolute Gasteiger partial charge is 0.385 e. The third-order valence-electron chi connectivity index (χ3n) is 5.62. The first-order valence-electron chi connectivity index (χ1n) is 13.2. The van der Waals surface area contributed by atoms with Crippen LogP contribution in [0.4, 0.5) is 28.4 Å². The van der Waals surface area contributed by atoms with Gasteiger partial charge in [-0.15, -0.1) is 0 Å². The van der Waals surface area contributed by atoms with Crippen LogP contribution in [-0.4, -0.2) is 12.3 Å². The molecule has 3 rings (SSSR count). The lowest BCUT2D eigenvalue weighted by atomic mass is 10.2. The predicted molar refractivity (Wildman–Crippen MR) is 166 cm³/mol. The summed E-state index contributed by atoms with van der Waals surface area (Å²) in [4.78, 5) is 10.6. The van der Waals surface area contributed by atoms with Crippen molar-refractivity contribution in [1.82, 2.24) is 0 Å². The van der Waals surface area contributed by atoms with Crippen molar-refractivity contribution in [2.45, 2.75) is 53.9 Å². The van der Waals surface area contributed by atoms with Crippen molar-refractivity contribution >= 4 is 34.2 Å². The molecule has 0 aliphatic heterocycles. The molecule has 0 saturated heterocycles. The smallest absolute Gasteiger partial charge is 0.155 e. The van der Waals surface area contributed by atoms with E-state index in [9.17, 15) is 4.79 Å². The van der Waals surface area contributed by atoms with Crippen LogP contribution in [0.25, 0.3) is 0 Å². The van der Waals surface area contributed by atoms with E-state index in [1.54, 1.807) is 12.2 Å². The molecule has 0 atom stereocenters. The third kappa shape index (κ3) is 11.7. The van der Waals surface area contributed by atoms with Crippen LogP contribution in [0.2, 0.25) is 0 Å². The lowest BCUT2D eigenvalue weighted by molar-refractivity contribution is -0.114. The van der Waals surface area contributed by atoms with E-state index in [0.29, 0.717) is 6.42 Å². The van der Waals surface area contributed by atoms with Gasteiger partial charge in [0.05, 0.1) is 22.7 Å². The van der Waals surface area contributed by atoms with Crippen LogP contribution >= 0.6 is 0 Å². The highest BCUT2D eigenvalue weighted by molar-refractivity contribution is 5.89. The summed E-state index contributed by atoms with van der Waals surface area (Å²) in [5, 5.41) is 3.43. The van der Waals surface area contributed by atoms with Crippen molar-refractivity contribution in [3.63, 3.8) is 0 Å². The van der Waals surface area contributed by atoms with Crippen LogP contribution in [0.3, 0.4) is 0 Å². The number of carbonyl (C=O) groups is 1. The number of aryl methyl sites for hydroxylation is 2. The van der Waals surface area contributed by atoms with Gasteiger partial charge in [-0.1, -0.05) is 56.2 Å². The summed E-state index contributed by atoms with van der Waals surface area (Å²) in [6.45, 7) is 14.7. The highest BCUT2D eigenvalue weighted by Crippen LogP contribution is 2.21. The molecule has 38 heavy (non-hydrogen) atoms. The number of hydrogen-bond acceptors (Lipinski definition) is 6. The second-order valence-electron chi connectivity index (χ2n) is 9.25. The molecule has 0 heterocycles. The standard InChI is InChI=1S/C24H31N5.C8H12O/c1-4-5-16-25-20-10-12-22(13-11-20)27-29-24-15-14-23(17-19(24)3)28-26-21-8-6-18(2)7-9-21;1-4-8(9)6-5-7(2)3/h6-15,17,25-29H,4-5,16H2,1-3H3;5-6H,2,4H2,1,3H3/b;6-5-. The summed E-state index contributed by atoms with van der Waals surface area (Å²) in [7, 11) is 0. The summed E-state index contributed by atoms with van der Waals surface area (Å²) in [6.07, 6.45) is 6.25. The molecule has 6 heteroatoms. The Labute approximate surface area is 228 Å². The maximum Gasteiger partial charge on any atom is 0.155 e. The molecule has 0 radical (unpaired) electrons. The molecule has 6 nitrogen and oxygen atoms in total. The monoisotopic (exact) mass is 513 g/mol. The fourth-order valence-electron chi connectivity index (χ4n) is 3.24. The first-order chi connectivity index (χ1) is 18.3. The predicted octanol–water partition coefficient (Wildman–Crippen LogP) is 8.49. The molecule has 202 valence electrons. The Hall–Kier alpha value is -4.19. The number of hydrazine groups is 2. The van der Waals surface area contributed by atoms with Crippen LogP contribution in [0, 0.1) is 13.8 Å². The summed E-state index contributed by atoms with van der Waals surface area (Å²) < 4.78 is 0. The van der Waals surface area contributed by atoms with Gasteiger partial charge in [0.15, 0.2) is 5.78 Å². The van der Waals surface area contributed by atoms with E-state index in [1.165, 1.54) is 18.4 Å². The zero-order valence-corrected chi connectivity index (χ0v) is 23.4. The molecule has 0 amide bonds. The van der Waals surface area contributed by atoms with E-state index < -0.39 is 0 Å². The van der Waals surface area contributed by atoms with Crippen molar-refractivity contribution in [2.24, 2.45) is 0 Å². The highest BCUT2D eigenvalue weighted by Gasteiger charge is 2.01. The van der Waals surface area contributed by atoms with E-state index in [2.05, 4.69) is 115 Å². The Bertz CT molecular complexity index is 1170. The lowest BCUT2D eigenvalue weighted by Crippen LogP contribution is -2.11. The van der Waals surface area contributed by atoms with Crippen molar-refractivity contribution in [2.75, 3.05) is 33.6 Å². The van der Waals surface area contributed by atoms with Crippen LogP contribution < -0.4 is 27.0 Å². The average molecular weight is 514 g/mol. The maximum absolute atomic E-state index is 10.6. The minimum atomic E-state index is 0.151. The van der Waals surface area contributed by atoms with Crippen LogP contribution in [0.5, 0.6) is 0 Å². The molecule has 3 aromatic carbocycles. The molecule has 5 N–H and O–H groups in total. The number of nitrogens with one attached hydrogen (secondary N) is 5. The molecule has 0 fully saturated rings. The van der Waals surface area contributed by atoms with E-state index in [-0.39, 0.29) is 5.78 Å². The third-order valence-corrected chi connectivity index (χ3v) is 5.62. The van der Waals surface area contributed by atoms with Gasteiger partial charge < -0.3 is 27.0 Å². The Morgan fingerprint density at radius 2 is 1.32 bits per heavy atom. The molecule has 0 aromatic heterocycles. The first kappa shape index (κ1) is 30.0. The highest BCUT2D eigenvalue weighted by atomic mass is 16.1. The number of rotatable bonds is 13. The number of hydrogen-bond donors (Lipinski definition) is 5. The molecular formula is C32H43N5O. The van der Waals surface area contributed by atoms with Gasteiger partial charge in [0.2, 0.25) is 0 Å². The van der Waals surface area contributed by atoms with Gasteiger partial charge in [0, 0.05) is 18.7 Å². The minimum Gasteiger partial charge on any atom is -0.385 e. The van der Waals surface area contributed by atoms with Gasteiger partial charge in [-0.2, -0.15) is 0 Å². The second kappa shape index (κ2) is 16.5. The van der Waals surface area contributed by atoms with E-state index in [1.807, 2.05) is 19.9 Å². The minimum absolute atomic E-state index is 0.151. The van der Waals surface area contributed by atoms with E-state index >= 15 is 0 Å². The van der Waals surface area contributed by atoms with Gasteiger partial charge in [-0.05, 0) is 93.4 Å². The summed E-state index contributed by atoms with van der Waals surface area (Å²) >= 11 is 0. The normalized spacial score (nSPS) is 10.2. The zero-order valence-electron chi connectivity index (χ0n) is 23.4. The summed E-state index contributed by atoms with van der Waals surface area (Å²) in [5.41, 5.74) is 21.6. The molecule has 0 aliphatic rings. The Balaban J connectivity index is 0.000000484. The van der Waals surface area contributed by atoms with E-state index in [4.69, 9.17) is 0 Å². The SMILES string of the molecule is C=C(C)/C=C\C(=O)CC.CCCCNc1ccc(NNc2ccc(NNc3ccc(C)cc3)cc2C)cc1. The topological polar surface area (TPSA) is 77.2 Å². The number of unbranched alkanes of at least 4 members (excludes halogenated alkanes) is 1. The Kier molecular flexibility index (Phi) is 13.1. The Morgan fingerprint density at radius 3 is 1.89 bits per heavy atom. The average Bonchev–Trinajstić information content (AvgIpc) is 2.92. The summed E-state index contributed by atoms with van der Waals surface area (Å²) in [5.74, 6) is 0.151. The number of benzene rings is 3. The number of carbonyl (C=O) groups excluding carboxylic acids is 1. The molecule has 0 saturated carbocycles. The van der Waals surface area contributed by atoms with Gasteiger partial charge in [0.1, 0.15) is 0 Å². The number of anilines is 5. The molecule has 0 spiro atoms. The first-order valence-corrected chi connectivity index (χ1v) is 13.2. The maximum atomic E-state index is 10.6. The fourth-order valence-corrected chi connectivity index (χ4v) is 3.24. The van der Waals surface area contributed by atoms with Crippen molar-refractivity contribution < 1.29 is 4.79 Å². The number of allylic oxidation sites excluding steroid dienone is 3. The van der Waals surface area contributed by atoms with Crippen LogP contribution in [-0.2, 0) is 4.79 Å². The molecular weight excluding hydrogens is 470 g/mol. The van der Waals surface area contributed by atoms with Crippen molar-refractivity contribution in [3.8, 4) is 0 Å². The summed E-state index contributed by atoms with van der Waals surface area (Å²) in [6, 6.07) is 22.8. The second-order valence-corrected chi connectivity index (χ2v) is 9.25. The quantitative estimate of drug-likeness (QED) is 0.0683. The number of ketones is 1. The van der Waals surface area contributed by atoms with Gasteiger partial charge in [0.25, 0.3) is 0 Å². The lowest BCUT2D eigenvalue weighted by Gasteiger charge is -2.15. The van der Waals surface area contributed by atoms with Crippen molar-refractivity contribution in [3.05, 3.63) is 102 Å². The van der Waals surface area contributed by atoms with Gasteiger partial charge >= 0.3 is 0 Å². The van der Waals surface area contributed by atoms with Crippen LogP contribution in [0.1, 0.15) is 51.2 Å². The van der Waals surface area contributed by atoms with Crippen molar-refractivity contribution in [1.29, 1.82) is 0 Å².